The van der Waals surface area contributed by atoms with E-state index in [0.29, 0.717) is 33.8 Å². The molecule has 1 aromatic carbocycles. The number of amides is 1. The van der Waals surface area contributed by atoms with E-state index in [9.17, 15) is 9.59 Å². The molecular weight excluding hydrogens is 354 g/mol. The molecule has 0 spiro atoms. The standard InChI is InChI=1S/C18H17N3O4S/c1-11-16(17(23)24-2)26-18(20-11)21-14(22)8-9-15-19-10-13(25-15)12-6-4-3-5-7-12/h3-7,10H,8-9H2,1-2H3,(H,20,21,22). The van der Waals surface area contributed by atoms with Crippen LogP contribution in [0.5, 0.6) is 0 Å². The predicted molar refractivity (Wildman–Crippen MR) is 97.1 cm³/mol. The number of ether oxygens (including phenoxy) is 1. The molecule has 0 unspecified atom stereocenters. The van der Waals surface area contributed by atoms with E-state index in [0.717, 1.165) is 16.9 Å². The second kappa shape index (κ2) is 7.92. The number of carbonyl (C=O) groups excluding carboxylic acids is 2. The first-order chi connectivity index (χ1) is 12.6. The van der Waals surface area contributed by atoms with E-state index in [1.165, 1.54) is 7.11 Å². The lowest BCUT2D eigenvalue weighted by Crippen LogP contribution is -2.12. The van der Waals surface area contributed by atoms with Gasteiger partial charge in [0.2, 0.25) is 5.91 Å². The Morgan fingerprint density at radius 2 is 2.04 bits per heavy atom. The number of thiazole rings is 1. The number of hydrogen-bond donors (Lipinski definition) is 1. The maximum absolute atomic E-state index is 12.1. The Morgan fingerprint density at radius 1 is 1.27 bits per heavy atom. The van der Waals surface area contributed by atoms with Gasteiger partial charge in [0.25, 0.3) is 0 Å². The number of hydrogen-bond acceptors (Lipinski definition) is 7. The summed E-state index contributed by atoms with van der Waals surface area (Å²) in [7, 11) is 1.31. The van der Waals surface area contributed by atoms with Crippen LogP contribution in [0.2, 0.25) is 0 Å². The summed E-state index contributed by atoms with van der Waals surface area (Å²) in [6, 6.07) is 9.63. The summed E-state index contributed by atoms with van der Waals surface area (Å²) >= 11 is 1.09. The molecule has 0 saturated heterocycles. The van der Waals surface area contributed by atoms with Gasteiger partial charge in [-0.3, -0.25) is 4.79 Å². The molecule has 2 heterocycles. The molecule has 3 rings (SSSR count). The quantitative estimate of drug-likeness (QED) is 0.667. The van der Waals surface area contributed by atoms with Crippen LogP contribution in [-0.2, 0) is 16.0 Å². The van der Waals surface area contributed by atoms with E-state index in [-0.39, 0.29) is 12.3 Å². The van der Waals surface area contributed by atoms with E-state index < -0.39 is 5.97 Å². The number of aromatic nitrogens is 2. The number of anilines is 1. The molecule has 134 valence electrons. The molecule has 3 aromatic rings. The Hall–Kier alpha value is -3.00. The topological polar surface area (TPSA) is 94.3 Å². The van der Waals surface area contributed by atoms with Gasteiger partial charge in [0.1, 0.15) is 4.88 Å². The van der Waals surface area contributed by atoms with Gasteiger partial charge < -0.3 is 14.5 Å². The Morgan fingerprint density at radius 3 is 2.77 bits per heavy atom. The van der Waals surface area contributed by atoms with Crippen molar-refractivity contribution in [3.63, 3.8) is 0 Å². The van der Waals surface area contributed by atoms with E-state index in [1.54, 1.807) is 13.1 Å². The minimum absolute atomic E-state index is 0.195. The number of esters is 1. The molecule has 8 heteroatoms. The number of nitrogens with one attached hydrogen (secondary N) is 1. The third-order valence-electron chi connectivity index (χ3n) is 3.59. The van der Waals surface area contributed by atoms with Gasteiger partial charge in [-0.05, 0) is 6.92 Å². The molecule has 2 aromatic heterocycles. The molecule has 0 aliphatic carbocycles. The maximum Gasteiger partial charge on any atom is 0.350 e. The average Bonchev–Trinajstić information content (AvgIpc) is 3.27. The van der Waals surface area contributed by atoms with Gasteiger partial charge in [-0.2, -0.15) is 0 Å². The highest BCUT2D eigenvalue weighted by Crippen LogP contribution is 2.24. The molecule has 0 saturated carbocycles. The van der Waals surface area contributed by atoms with Gasteiger partial charge in [0.15, 0.2) is 16.8 Å². The molecule has 0 aliphatic rings. The first-order valence-electron chi connectivity index (χ1n) is 7.92. The zero-order valence-electron chi connectivity index (χ0n) is 14.3. The number of rotatable bonds is 6. The summed E-state index contributed by atoms with van der Waals surface area (Å²) in [5.41, 5.74) is 1.46. The summed E-state index contributed by atoms with van der Waals surface area (Å²) < 4.78 is 10.4. The smallest absolute Gasteiger partial charge is 0.350 e. The fourth-order valence-corrected chi connectivity index (χ4v) is 3.20. The zero-order chi connectivity index (χ0) is 18.5. The van der Waals surface area contributed by atoms with Crippen LogP contribution in [0.4, 0.5) is 5.13 Å². The summed E-state index contributed by atoms with van der Waals surface area (Å²) in [6.07, 6.45) is 2.21. The zero-order valence-corrected chi connectivity index (χ0v) is 15.1. The Bertz CT molecular complexity index is 918. The van der Waals surface area contributed by atoms with Gasteiger partial charge in [-0.15, -0.1) is 0 Å². The van der Waals surface area contributed by atoms with Crippen LogP contribution in [0.25, 0.3) is 11.3 Å². The van der Waals surface area contributed by atoms with Crippen molar-refractivity contribution in [3.8, 4) is 11.3 Å². The molecule has 0 atom stereocenters. The van der Waals surface area contributed by atoms with Crippen LogP contribution < -0.4 is 5.32 Å². The Kier molecular flexibility index (Phi) is 5.43. The number of oxazole rings is 1. The summed E-state index contributed by atoms with van der Waals surface area (Å²) in [5.74, 6) is 0.465. The van der Waals surface area contributed by atoms with Crippen LogP contribution in [0.3, 0.4) is 0 Å². The van der Waals surface area contributed by atoms with Crippen LogP contribution in [0.15, 0.2) is 40.9 Å². The SMILES string of the molecule is COC(=O)c1sc(NC(=O)CCc2ncc(-c3ccccc3)o2)nc1C. The summed E-state index contributed by atoms with van der Waals surface area (Å²) in [4.78, 5) is 32.4. The molecule has 0 bridgehead atoms. The predicted octanol–water partition coefficient (Wildman–Crippen LogP) is 3.46. The van der Waals surface area contributed by atoms with Crippen LogP contribution in [-0.4, -0.2) is 29.0 Å². The van der Waals surface area contributed by atoms with Gasteiger partial charge >= 0.3 is 5.97 Å². The first kappa shape index (κ1) is 17.8. The van der Waals surface area contributed by atoms with Crippen LogP contribution >= 0.6 is 11.3 Å². The van der Waals surface area contributed by atoms with E-state index >= 15 is 0 Å². The van der Waals surface area contributed by atoms with Crippen molar-refractivity contribution in [1.82, 2.24) is 9.97 Å². The highest BCUT2D eigenvalue weighted by molar-refractivity contribution is 7.17. The molecule has 1 amide bonds. The number of nitrogens with zero attached hydrogens (tertiary/aromatic N) is 2. The summed E-state index contributed by atoms with van der Waals surface area (Å²) in [6.45, 7) is 1.69. The lowest BCUT2D eigenvalue weighted by atomic mass is 10.2. The van der Waals surface area contributed by atoms with Gasteiger partial charge in [0.05, 0.1) is 19.0 Å². The molecule has 1 N–H and O–H groups in total. The molecule has 0 aliphatic heterocycles. The van der Waals surface area contributed by atoms with E-state index in [2.05, 4.69) is 20.0 Å². The third kappa shape index (κ3) is 4.15. The van der Waals surface area contributed by atoms with E-state index in [1.807, 2.05) is 30.3 Å². The molecule has 7 nitrogen and oxygen atoms in total. The fourth-order valence-electron chi connectivity index (χ4n) is 2.30. The maximum atomic E-state index is 12.1. The van der Waals surface area contributed by atoms with Crippen molar-refractivity contribution >= 4 is 28.3 Å². The van der Waals surface area contributed by atoms with Crippen molar-refractivity contribution < 1.29 is 18.7 Å². The number of carbonyl (C=O) groups is 2. The summed E-state index contributed by atoms with van der Waals surface area (Å²) in [5, 5.41) is 3.05. The first-order valence-corrected chi connectivity index (χ1v) is 8.74. The minimum atomic E-state index is -0.464. The molecular formula is C18H17N3O4S. The number of aryl methyl sites for hydroxylation is 2. The van der Waals surface area contributed by atoms with Crippen LogP contribution in [0, 0.1) is 6.92 Å². The number of methoxy groups -OCH3 is 1. The van der Waals surface area contributed by atoms with Crippen LogP contribution in [0.1, 0.15) is 27.7 Å². The minimum Gasteiger partial charge on any atom is -0.465 e. The van der Waals surface area contributed by atoms with Gasteiger partial charge in [0, 0.05) is 18.4 Å². The van der Waals surface area contributed by atoms with Gasteiger partial charge in [-0.25, -0.2) is 14.8 Å². The van der Waals surface area contributed by atoms with Crippen molar-refractivity contribution in [2.24, 2.45) is 0 Å². The number of benzene rings is 1. The highest BCUT2D eigenvalue weighted by Gasteiger charge is 2.17. The van der Waals surface area contributed by atoms with Crippen molar-refractivity contribution in [2.45, 2.75) is 19.8 Å². The normalized spacial score (nSPS) is 10.5. The van der Waals surface area contributed by atoms with Crippen molar-refractivity contribution in [1.29, 1.82) is 0 Å². The second-order valence-electron chi connectivity index (χ2n) is 5.46. The Balaban J connectivity index is 1.56. The highest BCUT2D eigenvalue weighted by atomic mass is 32.1. The third-order valence-corrected chi connectivity index (χ3v) is 4.64. The Labute approximate surface area is 154 Å². The molecule has 26 heavy (non-hydrogen) atoms. The monoisotopic (exact) mass is 371 g/mol. The largest absolute Gasteiger partial charge is 0.465 e. The molecule has 0 fully saturated rings. The van der Waals surface area contributed by atoms with Crippen molar-refractivity contribution in [3.05, 3.63) is 53.0 Å². The van der Waals surface area contributed by atoms with Gasteiger partial charge in [-0.1, -0.05) is 41.7 Å². The van der Waals surface area contributed by atoms with Crippen molar-refractivity contribution in [2.75, 3.05) is 12.4 Å². The molecule has 0 radical (unpaired) electrons. The second-order valence-corrected chi connectivity index (χ2v) is 6.46. The lowest BCUT2D eigenvalue weighted by molar-refractivity contribution is -0.116. The average molecular weight is 371 g/mol. The lowest BCUT2D eigenvalue weighted by Gasteiger charge is -1.99. The van der Waals surface area contributed by atoms with E-state index in [4.69, 9.17) is 4.42 Å². The fraction of sp³-hybridized carbons (Fsp3) is 0.222.